The maximum Gasteiger partial charge on any atom is 0.264 e. The molecule has 6 rings (SSSR count). The maximum atomic E-state index is 13.1. The van der Waals surface area contributed by atoms with Gasteiger partial charge in [-0.1, -0.05) is 36.7 Å². The largest absolute Gasteiger partial charge is 0.490 e. The zero-order valence-electron chi connectivity index (χ0n) is 22.9. The van der Waals surface area contributed by atoms with Crippen molar-refractivity contribution in [2.24, 2.45) is 11.3 Å². The van der Waals surface area contributed by atoms with Crippen LogP contribution in [0.4, 0.5) is 5.69 Å². The van der Waals surface area contributed by atoms with E-state index in [9.17, 15) is 18.3 Å². The predicted octanol–water partition coefficient (Wildman–Crippen LogP) is 5.00. The van der Waals surface area contributed by atoms with Gasteiger partial charge in [-0.3, -0.25) is 4.79 Å². The van der Waals surface area contributed by atoms with Crippen LogP contribution < -0.4 is 14.4 Å². The maximum absolute atomic E-state index is 13.1. The Morgan fingerprint density at radius 1 is 1.15 bits per heavy atom. The first-order chi connectivity index (χ1) is 19.1. The summed E-state index contributed by atoms with van der Waals surface area (Å²) in [5.41, 5.74) is 3.03. The van der Waals surface area contributed by atoms with Crippen molar-refractivity contribution in [3.05, 3.63) is 70.3 Å². The Hall–Kier alpha value is -2.55. The Morgan fingerprint density at radius 3 is 2.80 bits per heavy atom. The minimum atomic E-state index is -3.79. The topological polar surface area (TPSA) is 95.9 Å². The van der Waals surface area contributed by atoms with Crippen LogP contribution in [0.25, 0.3) is 0 Å². The number of benzene rings is 2. The van der Waals surface area contributed by atoms with Gasteiger partial charge in [0, 0.05) is 34.5 Å². The molecule has 2 aliphatic heterocycles. The number of ether oxygens (including phenoxy) is 1. The molecule has 214 valence electrons. The number of aryl methyl sites for hydroxylation is 1. The smallest absolute Gasteiger partial charge is 0.264 e. The van der Waals surface area contributed by atoms with Crippen molar-refractivity contribution in [1.82, 2.24) is 4.72 Å². The van der Waals surface area contributed by atoms with Gasteiger partial charge in [-0.25, -0.2) is 13.1 Å². The van der Waals surface area contributed by atoms with E-state index < -0.39 is 22.0 Å². The van der Waals surface area contributed by atoms with Crippen LogP contribution in [-0.4, -0.2) is 51.0 Å². The summed E-state index contributed by atoms with van der Waals surface area (Å²) in [6.45, 7) is 4.04. The summed E-state index contributed by atoms with van der Waals surface area (Å²) in [6, 6.07) is 11.3. The van der Waals surface area contributed by atoms with Crippen molar-refractivity contribution in [2.75, 3.05) is 30.3 Å². The molecule has 4 aliphatic rings. The van der Waals surface area contributed by atoms with Crippen molar-refractivity contribution in [3.63, 3.8) is 0 Å². The molecule has 9 heteroatoms. The van der Waals surface area contributed by atoms with Gasteiger partial charge in [-0.2, -0.15) is 0 Å². The first-order valence-electron chi connectivity index (χ1n) is 14.3. The highest BCUT2D eigenvalue weighted by Crippen LogP contribution is 2.52. The number of allylic oxidation sites excluding steroid dienone is 1. The van der Waals surface area contributed by atoms with E-state index in [2.05, 4.69) is 28.7 Å². The number of fused-ring (bicyclic) bond motifs is 4. The quantitative estimate of drug-likeness (QED) is 0.423. The molecule has 7 nitrogen and oxygen atoms in total. The molecule has 2 bridgehead atoms. The van der Waals surface area contributed by atoms with Crippen molar-refractivity contribution in [3.8, 4) is 5.75 Å². The van der Waals surface area contributed by atoms with E-state index >= 15 is 0 Å². The number of aliphatic hydroxyl groups is 1. The first kappa shape index (κ1) is 27.6. The molecule has 2 aliphatic carbocycles. The molecule has 2 heterocycles. The van der Waals surface area contributed by atoms with Gasteiger partial charge in [0.2, 0.25) is 10.0 Å². The van der Waals surface area contributed by atoms with E-state index in [1.807, 2.05) is 18.2 Å². The Labute approximate surface area is 241 Å². The van der Waals surface area contributed by atoms with Gasteiger partial charge in [-0.15, -0.1) is 0 Å². The second-order valence-electron chi connectivity index (χ2n) is 12.3. The minimum Gasteiger partial charge on any atom is -0.490 e. The van der Waals surface area contributed by atoms with Gasteiger partial charge in [0.15, 0.2) is 0 Å². The number of amides is 1. The van der Waals surface area contributed by atoms with Crippen LogP contribution in [0.15, 0.2) is 48.6 Å². The van der Waals surface area contributed by atoms with E-state index in [0.29, 0.717) is 38.3 Å². The summed E-state index contributed by atoms with van der Waals surface area (Å²) in [5.74, 6) is 0.130. The molecule has 1 fully saturated rings. The van der Waals surface area contributed by atoms with Crippen LogP contribution >= 0.6 is 11.6 Å². The molecule has 4 atom stereocenters. The highest BCUT2D eigenvalue weighted by Gasteiger charge is 2.49. The van der Waals surface area contributed by atoms with E-state index in [1.165, 1.54) is 11.1 Å². The van der Waals surface area contributed by atoms with Gasteiger partial charge < -0.3 is 14.7 Å². The number of sulfonamides is 1. The number of anilines is 1. The Balaban J connectivity index is 1.44. The highest BCUT2D eigenvalue weighted by molar-refractivity contribution is 7.90. The zero-order valence-corrected chi connectivity index (χ0v) is 24.4. The van der Waals surface area contributed by atoms with Crippen molar-refractivity contribution < 1.29 is 23.1 Å². The summed E-state index contributed by atoms with van der Waals surface area (Å²) in [7, 11) is -3.79. The van der Waals surface area contributed by atoms with E-state index in [-0.39, 0.29) is 28.1 Å². The van der Waals surface area contributed by atoms with Crippen LogP contribution in [0.5, 0.6) is 5.75 Å². The first-order valence-corrected chi connectivity index (χ1v) is 16.3. The average molecular weight is 585 g/mol. The third-order valence-corrected chi connectivity index (χ3v) is 11.3. The molecule has 0 saturated heterocycles. The van der Waals surface area contributed by atoms with E-state index in [1.54, 1.807) is 18.2 Å². The molecule has 0 aromatic heterocycles. The summed E-state index contributed by atoms with van der Waals surface area (Å²) in [6.07, 6.45) is 8.85. The van der Waals surface area contributed by atoms with Gasteiger partial charge in [0.25, 0.3) is 5.91 Å². The number of nitrogens with zero attached hydrogens (tertiary/aromatic N) is 1. The number of hydrogen-bond acceptors (Lipinski definition) is 6. The molecular weight excluding hydrogens is 548 g/mol. The summed E-state index contributed by atoms with van der Waals surface area (Å²) >= 11 is 6.38. The fourth-order valence-electron chi connectivity index (χ4n) is 7.10. The highest BCUT2D eigenvalue weighted by atomic mass is 35.5. The average Bonchev–Trinajstić information content (AvgIpc) is 3.06. The molecule has 1 saturated carbocycles. The van der Waals surface area contributed by atoms with Crippen LogP contribution in [0.2, 0.25) is 5.02 Å². The SMILES string of the molecule is C[C@]12CC[C@H]1CN1C[C@@]3(CCCc4cc(Cl)ccc43)COc3ccc(cc31)C(=O)NS(=O)(=O)CCC/C=C/[C@H]2O. The third kappa shape index (κ3) is 5.03. The molecule has 40 heavy (non-hydrogen) atoms. The van der Waals surface area contributed by atoms with E-state index in [0.717, 1.165) is 42.8 Å². The number of aliphatic hydroxyl groups excluding tert-OH is 1. The zero-order chi connectivity index (χ0) is 28.1. The monoisotopic (exact) mass is 584 g/mol. The molecule has 0 radical (unpaired) electrons. The summed E-state index contributed by atoms with van der Waals surface area (Å²) in [5, 5.41) is 11.9. The van der Waals surface area contributed by atoms with Gasteiger partial charge >= 0.3 is 0 Å². The van der Waals surface area contributed by atoms with Gasteiger partial charge in [0.05, 0.1) is 24.2 Å². The van der Waals surface area contributed by atoms with Crippen LogP contribution in [0.3, 0.4) is 0 Å². The van der Waals surface area contributed by atoms with Crippen LogP contribution in [0.1, 0.15) is 66.9 Å². The van der Waals surface area contributed by atoms with Gasteiger partial charge in [-0.05, 0) is 92.3 Å². The molecule has 0 unspecified atom stereocenters. The number of rotatable bonds is 0. The lowest BCUT2D eigenvalue weighted by molar-refractivity contribution is -0.0469. The van der Waals surface area contributed by atoms with Crippen LogP contribution in [0, 0.1) is 11.3 Å². The fourth-order valence-corrected chi connectivity index (χ4v) is 8.35. The standard InChI is InChI=1S/C31H37ClN2O5S/c1-30-14-12-23(30)18-34-19-31(13-5-6-21-16-24(32)9-10-25(21)31)20-39-27-11-8-22(17-26(27)34)29(36)33-40(37,38)15-4-2-3-7-28(30)35/h3,7-11,16-17,23,28,35H,2,4-6,12-15,18-20H2,1H3,(H,33,36)/b7-3+/t23-,28+,30-,31-/m0/s1. The summed E-state index contributed by atoms with van der Waals surface area (Å²) < 4.78 is 34.0. The molecular formula is C31H37ClN2O5S. The number of hydrogen-bond donors (Lipinski definition) is 2. The van der Waals surface area contributed by atoms with Crippen molar-refractivity contribution in [1.29, 1.82) is 0 Å². The predicted molar refractivity (Wildman–Crippen MR) is 157 cm³/mol. The number of carbonyl (C=O) groups excluding carboxylic acids is 1. The number of nitrogens with one attached hydrogen (secondary N) is 1. The fraction of sp³-hybridized carbons (Fsp3) is 0.516. The van der Waals surface area contributed by atoms with Crippen LogP contribution in [-0.2, 0) is 21.9 Å². The lowest BCUT2D eigenvalue weighted by Gasteiger charge is -2.52. The Kier molecular flexibility index (Phi) is 7.16. The lowest BCUT2D eigenvalue weighted by atomic mass is 9.58. The third-order valence-electron chi connectivity index (χ3n) is 9.73. The normalized spacial score (nSPS) is 32.5. The number of carbonyl (C=O) groups is 1. The van der Waals surface area contributed by atoms with Crippen molar-refractivity contribution >= 4 is 33.2 Å². The summed E-state index contributed by atoms with van der Waals surface area (Å²) in [4.78, 5) is 15.4. The molecule has 1 amide bonds. The lowest BCUT2D eigenvalue weighted by Crippen LogP contribution is -2.53. The second-order valence-corrected chi connectivity index (χ2v) is 14.6. The minimum absolute atomic E-state index is 0.162. The Bertz CT molecular complexity index is 1460. The van der Waals surface area contributed by atoms with Crippen molar-refractivity contribution in [2.45, 2.75) is 63.4 Å². The number of halogens is 1. The molecule has 2 aromatic carbocycles. The molecule has 1 spiro atoms. The molecule has 2 aromatic rings. The van der Waals surface area contributed by atoms with E-state index in [4.69, 9.17) is 16.3 Å². The Morgan fingerprint density at radius 2 is 2.00 bits per heavy atom. The van der Waals surface area contributed by atoms with Gasteiger partial charge in [0.1, 0.15) is 5.75 Å². The molecule has 2 N–H and O–H groups in total. The second kappa shape index (κ2) is 10.4.